The van der Waals surface area contributed by atoms with Crippen molar-refractivity contribution in [3.8, 4) is 0 Å². The molecule has 116 valence electrons. The Hall–Kier alpha value is -0.950. The Kier molecular flexibility index (Phi) is 5.70. The molecule has 0 bridgehead atoms. The first kappa shape index (κ1) is 17.1. The van der Waals surface area contributed by atoms with E-state index in [1.54, 1.807) is 7.05 Å². The van der Waals surface area contributed by atoms with Crippen LogP contribution in [0, 0.1) is 0 Å². The van der Waals surface area contributed by atoms with Crippen molar-refractivity contribution < 1.29 is 19.4 Å². The van der Waals surface area contributed by atoms with Gasteiger partial charge >= 0.3 is 6.09 Å². The van der Waals surface area contributed by atoms with Gasteiger partial charge in [0.25, 0.3) is 0 Å². The van der Waals surface area contributed by atoms with Crippen LogP contribution in [-0.4, -0.2) is 64.9 Å². The number of carbonyl (C=O) groups is 2. The molecule has 0 aromatic rings. The highest BCUT2D eigenvalue weighted by molar-refractivity contribution is 8.00. The molecule has 1 aliphatic rings. The number of likely N-dealkylation sites (tertiary alicyclic amines) is 1. The number of rotatable bonds is 4. The first-order valence-electron chi connectivity index (χ1n) is 6.64. The van der Waals surface area contributed by atoms with Crippen molar-refractivity contribution in [1.82, 2.24) is 10.2 Å². The SMILES string of the molecule is CNC(=O)CSCC1(O)CCN(C(=O)OC(C)(C)C)C1. The highest BCUT2D eigenvalue weighted by Gasteiger charge is 2.39. The van der Waals surface area contributed by atoms with Crippen LogP contribution in [0.3, 0.4) is 0 Å². The average Bonchev–Trinajstić information content (AvgIpc) is 2.70. The van der Waals surface area contributed by atoms with Crippen molar-refractivity contribution in [3.63, 3.8) is 0 Å². The van der Waals surface area contributed by atoms with Gasteiger partial charge in [0.2, 0.25) is 5.91 Å². The monoisotopic (exact) mass is 304 g/mol. The summed E-state index contributed by atoms with van der Waals surface area (Å²) in [6.07, 6.45) is 0.109. The van der Waals surface area contributed by atoms with E-state index < -0.39 is 17.3 Å². The normalized spacial score (nSPS) is 22.8. The number of thioether (sulfide) groups is 1. The van der Waals surface area contributed by atoms with Crippen LogP contribution in [0.1, 0.15) is 27.2 Å². The zero-order chi connectivity index (χ0) is 15.4. The first-order valence-corrected chi connectivity index (χ1v) is 7.79. The zero-order valence-corrected chi connectivity index (χ0v) is 13.4. The van der Waals surface area contributed by atoms with Crippen molar-refractivity contribution in [3.05, 3.63) is 0 Å². The number of ether oxygens (including phenoxy) is 1. The van der Waals surface area contributed by atoms with E-state index >= 15 is 0 Å². The van der Waals surface area contributed by atoms with Crippen LogP contribution in [0.15, 0.2) is 0 Å². The van der Waals surface area contributed by atoms with Gasteiger partial charge in [-0.15, -0.1) is 11.8 Å². The smallest absolute Gasteiger partial charge is 0.410 e. The van der Waals surface area contributed by atoms with Crippen molar-refractivity contribution in [1.29, 1.82) is 0 Å². The molecule has 1 atom stereocenters. The second-order valence-corrected chi connectivity index (χ2v) is 7.03. The molecule has 1 fully saturated rings. The topological polar surface area (TPSA) is 78.9 Å². The summed E-state index contributed by atoms with van der Waals surface area (Å²) in [5.41, 5.74) is -1.47. The van der Waals surface area contributed by atoms with Gasteiger partial charge in [-0.2, -0.15) is 0 Å². The second kappa shape index (κ2) is 6.67. The van der Waals surface area contributed by atoms with E-state index in [9.17, 15) is 14.7 Å². The summed E-state index contributed by atoms with van der Waals surface area (Å²) in [6, 6.07) is 0. The standard InChI is InChI=1S/C13H24N2O4S/c1-12(2,3)19-11(17)15-6-5-13(18,8-15)9-20-7-10(16)14-4/h18H,5-9H2,1-4H3,(H,14,16). The molecular weight excluding hydrogens is 280 g/mol. The molecule has 1 aliphatic heterocycles. The fourth-order valence-electron chi connectivity index (χ4n) is 1.86. The Morgan fingerprint density at radius 2 is 2.10 bits per heavy atom. The Bertz CT molecular complexity index is 370. The van der Waals surface area contributed by atoms with Crippen LogP contribution in [0.4, 0.5) is 4.79 Å². The Balaban J connectivity index is 2.41. The number of hydrogen-bond acceptors (Lipinski definition) is 5. The van der Waals surface area contributed by atoms with Gasteiger partial charge in [-0.25, -0.2) is 4.79 Å². The predicted molar refractivity (Wildman–Crippen MR) is 78.8 cm³/mol. The van der Waals surface area contributed by atoms with Crippen molar-refractivity contribution >= 4 is 23.8 Å². The van der Waals surface area contributed by atoms with Gasteiger partial charge in [-0.05, 0) is 27.2 Å². The molecule has 1 saturated heterocycles. The van der Waals surface area contributed by atoms with E-state index in [0.717, 1.165) is 0 Å². The molecule has 0 aromatic heterocycles. The lowest BCUT2D eigenvalue weighted by atomic mass is 10.1. The van der Waals surface area contributed by atoms with Crippen LogP contribution < -0.4 is 5.32 Å². The fraction of sp³-hybridized carbons (Fsp3) is 0.846. The number of hydrogen-bond donors (Lipinski definition) is 2. The van der Waals surface area contributed by atoms with E-state index in [0.29, 0.717) is 24.5 Å². The Morgan fingerprint density at radius 3 is 2.65 bits per heavy atom. The second-order valence-electron chi connectivity index (χ2n) is 6.04. The Morgan fingerprint density at radius 1 is 1.45 bits per heavy atom. The molecule has 2 N–H and O–H groups in total. The van der Waals surface area contributed by atoms with E-state index in [4.69, 9.17) is 4.74 Å². The lowest BCUT2D eigenvalue weighted by Crippen LogP contribution is -2.40. The maximum atomic E-state index is 11.9. The molecule has 0 spiro atoms. The third-order valence-electron chi connectivity index (χ3n) is 2.87. The summed E-state index contributed by atoms with van der Waals surface area (Å²) < 4.78 is 5.28. The number of nitrogens with zero attached hydrogens (tertiary/aromatic N) is 1. The van der Waals surface area contributed by atoms with Gasteiger partial charge in [0.05, 0.1) is 17.9 Å². The highest BCUT2D eigenvalue weighted by atomic mass is 32.2. The molecule has 7 heteroatoms. The molecule has 1 rings (SSSR count). The third kappa shape index (κ3) is 5.58. The summed E-state index contributed by atoms with van der Waals surface area (Å²) in [6.45, 7) is 6.17. The highest BCUT2D eigenvalue weighted by Crippen LogP contribution is 2.26. The molecule has 0 saturated carbocycles. The van der Waals surface area contributed by atoms with Gasteiger partial charge in [0, 0.05) is 19.3 Å². The lowest BCUT2D eigenvalue weighted by Gasteiger charge is -2.26. The number of aliphatic hydroxyl groups is 1. The van der Waals surface area contributed by atoms with Crippen LogP contribution >= 0.6 is 11.8 Å². The summed E-state index contributed by atoms with van der Waals surface area (Å²) in [7, 11) is 1.58. The average molecular weight is 304 g/mol. The Labute approximate surface area is 124 Å². The minimum atomic E-state index is -0.935. The number of amides is 2. The quantitative estimate of drug-likeness (QED) is 0.804. The maximum Gasteiger partial charge on any atom is 0.410 e. The molecular formula is C13H24N2O4S. The molecule has 0 aromatic carbocycles. The van der Waals surface area contributed by atoms with Gasteiger partial charge in [-0.3, -0.25) is 4.79 Å². The number of β-amino-alcohol motifs (C(OH)–C–C–N with tert-alkyl or cyclic N) is 1. The fourth-order valence-corrected chi connectivity index (χ4v) is 2.91. The summed E-state index contributed by atoms with van der Waals surface area (Å²) in [4.78, 5) is 24.5. The number of carbonyl (C=O) groups excluding carboxylic acids is 2. The molecule has 6 nitrogen and oxygen atoms in total. The van der Waals surface area contributed by atoms with Gasteiger partial charge in [0.1, 0.15) is 5.60 Å². The van der Waals surface area contributed by atoms with Crippen LogP contribution in [0.2, 0.25) is 0 Å². The minimum Gasteiger partial charge on any atom is -0.444 e. The molecule has 1 heterocycles. The van der Waals surface area contributed by atoms with Gasteiger partial charge in [-0.1, -0.05) is 0 Å². The molecule has 0 radical (unpaired) electrons. The van der Waals surface area contributed by atoms with Crippen LogP contribution in [0.5, 0.6) is 0 Å². The van der Waals surface area contributed by atoms with E-state index in [1.807, 2.05) is 20.8 Å². The molecule has 0 aliphatic carbocycles. The first-order chi connectivity index (χ1) is 9.15. The van der Waals surface area contributed by atoms with E-state index in [2.05, 4.69) is 5.32 Å². The maximum absolute atomic E-state index is 11.9. The largest absolute Gasteiger partial charge is 0.444 e. The molecule has 20 heavy (non-hydrogen) atoms. The van der Waals surface area contributed by atoms with Gasteiger partial charge in [0.15, 0.2) is 0 Å². The predicted octanol–water partition coefficient (Wildman–Crippen LogP) is 0.837. The summed E-state index contributed by atoms with van der Waals surface area (Å²) in [5.74, 6) is 0.672. The number of nitrogens with one attached hydrogen (secondary N) is 1. The van der Waals surface area contributed by atoms with Crippen molar-refractivity contribution in [2.24, 2.45) is 0 Å². The summed E-state index contributed by atoms with van der Waals surface area (Å²) in [5, 5.41) is 12.9. The van der Waals surface area contributed by atoms with E-state index in [-0.39, 0.29) is 12.5 Å². The van der Waals surface area contributed by atoms with Crippen molar-refractivity contribution in [2.45, 2.75) is 38.4 Å². The third-order valence-corrected chi connectivity index (χ3v) is 4.07. The summed E-state index contributed by atoms with van der Waals surface area (Å²) >= 11 is 1.37. The van der Waals surface area contributed by atoms with Crippen molar-refractivity contribution in [2.75, 3.05) is 31.6 Å². The zero-order valence-electron chi connectivity index (χ0n) is 12.6. The van der Waals surface area contributed by atoms with E-state index in [1.165, 1.54) is 16.7 Å². The minimum absolute atomic E-state index is 0.0689. The lowest BCUT2D eigenvalue weighted by molar-refractivity contribution is -0.118. The molecule has 2 amide bonds. The molecule has 1 unspecified atom stereocenters. The van der Waals surface area contributed by atoms with Gasteiger partial charge < -0.3 is 20.1 Å². The van der Waals surface area contributed by atoms with Crippen LogP contribution in [-0.2, 0) is 9.53 Å². The van der Waals surface area contributed by atoms with Crippen LogP contribution in [0.25, 0.3) is 0 Å².